The van der Waals surface area contributed by atoms with Gasteiger partial charge in [0, 0.05) is 45.7 Å². The van der Waals surface area contributed by atoms with E-state index in [1.807, 2.05) is 59.5 Å². The van der Waals surface area contributed by atoms with Crippen LogP contribution < -0.4 is 14.8 Å². The van der Waals surface area contributed by atoms with Crippen molar-refractivity contribution >= 4 is 12.0 Å². The van der Waals surface area contributed by atoms with Crippen LogP contribution in [0.3, 0.4) is 0 Å². The highest BCUT2D eigenvalue weighted by Gasteiger charge is 2.20. The summed E-state index contributed by atoms with van der Waals surface area (Å²) >= 11 is 0. The number of alkyl carbamates (subject to hydrolysis) is 1. The number of hydrogen-bond acceptors (Lipinski definition) is 6. The Labute approximate surface area is 243 Å². The van der Waals surface area contributed by atoms with Crippen molar-refractivity contribution < 1.29 is 23.8 Å². The summed E-state index contributed by atoms with van der Waals surface area (Å²) in [5.74, 6) is 1.52. The molecular formula is C33H41N3O5. The number of nitrogens with zero attached hydrogens (tertiary/aromatic N) is 2. The summed E-state index contributed by atoms with van der Waals surface area (Å²) in [7, 11) is 1.61. The average Bonchev–Trinajstić information content (AvgIpc) is 3.02. The first kappa shape index (κ1) is 29.9. The highest BCUT2D eigenvalue weighted by molar-refractivity contribution is 5.76. The van der Waals surface area contributed by atoms with Gasteiger partial charge in [-0.15, -0.1) is 0 Å². The Morgan fingerprint density at radius 1 is 0.780 bits per heavy atom. The molecule has 1 N–H and O–H groups in total. The first-order valence-corrected chi connectivity index (χ1v) is 14.4. The summed E-state index contributed by atoms with van der Waals surface area (Å²) < 4.78 is 16.7. The minimum absolute atomic E-state index is 0.223. The Kier molecular flexibility index (Phi) is 11.9. The zero-order valence-corrected chi connectivity index (χ0v) is 23.9. The first-order valence-electron chi connectivity index (χ1n) is 14.4. The van der Waals surface area contributed by atoms with Crippen molar-refractivity contribution in [1.82, 2.24) is 15.1 Å². The Bertz CT molecular complexity index is 1210. The van der Waals surface area contributed by atoms with Crippen molar-refractivity contribution in [2.24, 2.45) is 0 Å². The molecule has 8 heteroatoms. The van der Waals surface area contributed by atoms with Crippen molar-refractivity contribution in [2.45, 2.75) is 45.4 Å². The summed E-state index contributed by atoms with van der Waals surface area (Å²) in [4.78, 5) is 29.2. The number of carbonyl (C=O) groups is 2. The smallest absolute Gasteiger partial charge is 0.407 e. The lowest BCUT2D eigenvalue weighted by Gasteiger charge is -2.34. The molecular weight excluding hydrogens is 518 g/mol. The lowest BCUT2D eigenvalue weighted by molar-refractivity contribution is -0.133. The lowest BCUT2D eigenvalue weighted by Crippen LogP contribution is -2.48. The predicted octanol–water partition coefficient (Wildman–Crippen LogP) is 5.41. The van der Waals surface area contributed by atoms with Crippen LogP contribution in [-0.4, -0.2) is 61.7 Å². The van der Waals surface area contributed by atoms with Gasteiger partial charge in [0.1, 0.15) is 6.61 Å². The fourth-order valence-corrected chi connectivity index (χ4v) is 4.78. The number of nitrogens with one attached hydrogen (secondary N) is 1. The van der Waals surface area contributed by atoms with Crippen molar-refractivity contribution in [3.63, 3.8) is 0 Å². The number of carbonyl (C=O) groups excluding carboxylic acids is 2. The molecule has 0 aromatic heterocycles. The second kappa shape index (κ2) is 16.3. The van der Waals surface area contributed by atoms with Crippen LogP contribution in [0.15, 0.2) is 78.9 Å². The molecule has 0 bridgehead atoms. The quantitative estimate of drug-likeness (QED) is 0.266. The number of rotatable bonds is 14. The summed E-state index contributed by atoms with van der Waals surface area (Å²) in [6, 6.07) is 25.6. The van der Waals surface area contributed by atoms with Gasteiger partial charge in [0.05, 0.1) is 13.7 Å². The van der Waals surface area contributed by atoms with Gasteiger partial charge >= 0.3 is 6.09 Å². The van der Waals surface area contributed by atoms with Gasteiger partial charge in [-0.2, -0.15) is 0 Å². The van der Waals surface area contributed by atoms with Gasteiger partial charge in [0.15, 0.2) is 11.5 Å². The maximum Gasteiger partial charge on any atom is 0.407 e. The number of piperazine rings is 1. The summed E-state index contributed by atoms with van der Waals surface area (Å²) in [5, 5.41) is 2.77. The number of ether oxygens (including phenoxy) is 3. The zero-order chi connectivity index (χ0) is 28.7. The van der Waals surface area contributed by atoms with Gasteiger partial charge in [0.25, 0.3) is 0 Å². The van der Waals surface area contributed by atoms with E-state index in [2.05, 4.69) is 34.5 Å². The van der Waals surface area contributed by atoms with Crippen LogP contribution >= 0.6 is 0 Å². The van der Waals surface area contributed by atoms with E-state index in [0.717, 1.165) is 63.1 Å². The molecule has 0 unspecified atom stereocenters. The van der Waals surface area contributed by atoms with Crippen LogP contribution in [0.5, 0.6) is 11.5 Å². The number of benzene rings is 3. The fourth-order valence-electron chi connectivity index (χ4n) is 4.78. The van der Waals surface area contributed by atoms with E-state index in [1.54, 1.807) is 7.11 Å². The van der Waals surface area contributed by atoms with Crippen LogP contribution in [0.2, 0.25) is 0 Å². The van der Waals surface area contributed by atoms with Crippen molar-refractivity contribution in [3.05, 3.63) is 95.6 Å². The molecule has 1 aliphatic heterocycles. The van der Waals surface area contributed by atoms with E-state index in [0.29, 0.717) is 31.1 Å². The highest BCUT2D eigenvalue weighted by Crippen LogP contribution is 2.28. The largest absolute Gasteiger partial charge is 0.493 e. The maximum atomic E-state index is 12.7. The minimum Gasteiger partial charge on any atom is -0.493 e. The molecule has 1 heterocycles. The van der Waals surface area contributed by atoms with Gasteiger partial charge in [-0.05, 0) is 48.1 Å². The van der Waals surface area contributed by atoms with Gasteiger partial charge in [-0.3, -0.25) is 9.69 Å². The summed E-state index contributed by atoms with van der Waals surface area (Å²) in [6.07, 6.45) is 2.70. The molecule has 0 saturated carbocycles. The van der Waals surface area contributed by atoms with Gasteiger partial charge in [0.2, 0.25) is 5.91 Å². The van der Waals surface area contributed by atoms with E-state index in [1.165, 1.54) is 5.56 Å². The Balaban J connectivity index is 1.10. The second-order valence-electron chi connectivity index (χ2n) is 10.2. The van der Waals surface area contributed by atoms with E-state index in [-0.39, 0.29) is 12.5 Å². The van der Waals surface area contributed by atoms with Crippen molar-refractivity contribution in [2.75, 3.05) is 39.9 Å². The fraction of sp³-hybridized carbons (Fsp3) is 0.394. The number of methoxy groups -OCH3 is 1. The minimum atomic E-state index is -0.476. The van der Waals surface area contributed by atoms with Crippen LogP contribution in [0, 0.1) is 0 Å². The van der Waals surface area contributed by atoms with E-state index < -0.39 is 6.09 Å². The molecule has 2 amide bonds. The third-order valence-corrected chi connectivity index (χ3v) is 7.14. The molecule has 218 valence electrons. The normalized spacial score (nSPS) is 13.4. The predicted molar refractivity (Wildman–Crippen MR) is 159 cm³/mol. The van der Waals surface area contributed by atoms with E-state index in [9.17, 15) is 9.59 Å². The number of hydrogen-bond donors (Lipinski definition) is 1. The SMILES string of the molecule is COc1ccc(CNC(=O)OCc2ccccc2)cc1OCCCCCC(=O)N1CCN(Cc2ccccc2)CC1. The second-order valence-corrected chi connectivity index (χ2v) is 10.2. The van der Waals surface area contributed by atoms with Crippen LogP contribution in [0.1, 0.15) is 42.4 Å². The lowest BCUT2D eigenvalue weighted by atomic mass is 10.1. The van der Waals surface area contributed by atoms with E-state index in [4.69, 9.17) is 14.2 Å². The molecule has 0 atom stereocenters. The highest BCUT2D eigenvalue weighted by atomic mass is 16.5. The number of unbranched alkanes of at least 4 members (excludes halogenated alkanes) is 2. The molecule has 8 nitrogen and oxygen atoms in total. The van der Waals surface area contributed by atoms with Crippen LogP contribution in [-0.2, 0) is 29.2 Å². The zero-order valence-electron chi connectivity index (χ0n) is 23.9. The van der Waals surface area contributed by atoms with Crippen molar-refractivity contribution in [1.29, 1.82) is 0 Å². The third-order valence-electron chi connectivity index (χ3n) is 7.14. The molecule has 0 spiro atoms. The topological polar surface area (TPSA) is 80.3 Å². The Morgan fingerprint density at radius 3 is 2.20 bits per heavy atom. The third kappa shape index (κ3) is 10.1. The monoisotopic (exact) mass is 559 g/mol. The molecule has 3 aromatic carbocycles. The van der Waals surface area contributed by atoms with Crippen LogP contribution in [0.4, 0.5) is 4.79 Å². The molecule has 0 radical (unpaired) electrons. The average molecular weight is 560 g/mol. The number of amides is 2. The summed E-state index contributed by atoms with van der Waals surface area (Å²) in [5.41, 5.74) is 3.13. The Hall–Kier alpha value is -4.04. The Morgan fingerprint density at radius 2 is 1.49 bits per heavy atom. The van der Waals surface area contributed by atoms with Crippen LogP contribution in [0.25, 0.3) is 0 Å². The molecule has 1 saturated heterocycles. The van der Waals surface area contributed by atoms with Gasteiger partial charge in [-0.1, -0.05) is 66.7 Å². The first-order chi connectivity index (χ1) is 20.1. The molecule has 41 heavy (non-hydrogen) atoms. The maximum absolute atomic E-state index is 12.7. The summed E-state index contributed by atoms with van der Waals surface area (Å²) in [6.45, 7) is 5.43. The molecule has 0 aliphatic carbocycles. The molecule has 4 rings (SSSR count). The molecule has 1 aliphatic rings. The molecule has 3 aromatic rings. The van der Waals surface area contributed by atoms with Crippen molar-refractivity contribution in [3.8, 4) is 11.5 Å². The molecule has 1 fully saturated rings. The van der Waals surface area contributed by atoms with E-state index >= 15 is 0 Å². The van der Waals surface area contributed by atoms with Gasteiger partial charge < -0.3 is 24.4 Å². The standard InChI is InChI=1S/C33H41N3O5/c1-39-30-17-16-29(24-34-33(38)41-26-28-13-7-3-8-14-28)23-31(30)40-22-10-4-9-15-32(37)36-20-18-35(19-21-36)25-27-11-5-2-6-12-27/h2-3,5-8,11-14,16-17,23H,4,9-10,15,18-22,24-26H2,1H3,(H,34,38). The van der Waals surface area contributed by atoms with Gasteiger partial charge in [-0.25, -0.2) is 4.79 Å².